The van der Waals surface area contributed by atoms with Crippen molar-refractivity contribution in [1.29, 1.82) is 0 Å². The van der Waals surface area contributed by atoms with Gasteiger partial charge in [0.25, 0.3) is 0 Å². The van der Waals surface area contributed by atoms with Crippen LogP contribution in [-0.4, -0.2) is 18.8 Å². The van der Waals surface area contributed by atoms with E-state index >= 15 is 0 Å². The summed E-state index contributed by atoms with van der Waals surface area (Å²) in [6.07, 6.45) is 0. The van der Waals surface area contributed by atoms with E-state index in [1.54, 1.807) is 0 Å². The first-order chi connectivity index (χ1) is 10.2. The first-order valence-corrected chi connectivity index (χ1v) is 10.9. The predicted octanol–water partition coefficient (Wildman–Crippen LogP) is 5.67. The van der Waals surface area contributed by atoms with E-state index in [1.165, 1.54) is 0 Å². The van der Waals surface area contributed by atoms with Gasteiger partial charge in [0.1, 0.15) is 29.4 Å². The Labute approximate surface area is 168 Å². The minimum atomic E-state index is -2.13. The largest absolute Gasteiger partial charge is 0.221 e. The van der Waals surface area contributed by atoms with Gasteiger partial charge in [0, 0.05) is 0 Å². The Bertz CT molecular complexity index is 651. The molecule has 2 rings (SSSR count). The Morgan fingerprint density at radius 2 is 0.773 bits per heavy atom. The molecule has 0 saturated carbocycles. The second kappa shape index (κ2) is 7.38. The number of pyridine rings is 2. The highest BCUT2D eigenvalue weighted by atomic mass is 35.5. The number of halogens is 8. The Morgan fingerprint density at radius 3 is 1.00 bits per heavy atom. The van der Waals surface area contributed by atoms with Gasteiger partial charge in [-0.15, -0.1) is 0 Å². The number of rotatable bonds is 2. The highest BCUT2D eigenvalue weighted by Crippen LogP contribution is 2.31. The van der Waals surface area contributed by atoms with Crippen LogP contribution in [0.15, 0.2) is 0 Å². The molecule has 0 atom stereocenters. The van der Waals surface area contributed by atoms with Crippen LogP contribution in [0.25, 0.3) is 0 Å². The Balaban J connectivity index is 2.77. The van der Waals surface area contributed by atoms with E-state index in [0.29, 0.717) is 10.4 Å². The molecule has 0 spiro atoms. The molecule has 0 radical (unpaired) electrons. The lowest BCUT2D eigenvalue weighted by molar-refractivity contribution is 1.33. The highest BCUT2D eigenvalue weighted by Gasteiger charge is 2.28. The number of hydrogen-bond donors (Lipinski definition) is 0. The zero-order chi connectivity index (χ0) is 16.8. The Hall–Kier alpha value is 0.837. The lowest BCUT2D eigenvalue weighted by Crippen LogP contribution is -2.42. The van der Waals surface area contributed by atoms with Crippen LogP contribution in [0.4, 0.5) is 0 Å². The van der Waals surface area contributed by atoms with Crippen LogP contribution >= 0.6 is 92.8 Å². The van der Waals surface area contributed by atoms with E-state index < -0.39 is 8.80 Å². The van der Waals surface area contributed by atoms with Crippen molar-refractivity contribution in [2.24, 2.45) is 0 Å². The number of hydrogen-bond acceptors (Lipinski definition) is 2. The average molecular weight is 476 g/mol. The molecule has 2 aromatic rings. The summed E-state index contributed by atoms with van der Waals surface area (Å²) in [6, 6.07) is 0. The van der Waals surface area contributed by atoms with Crippen molar-refractivity contribution in [3.8, 4) is 0 Å². The molecular weight excluding hydrogens is 472 g/mol. The van der Waals surface area contributed by atoms with Crippen LogP contribution < -0.4 is 10.4 Å². The smallest absolute Gasteiger partial charge is 0.149 e. The quantitative estimate of drug-likeness (QED) is 0.413. The molecule has 0 fully saturated rings. The van der Waals surface area contributed by atoms with Crippen molar-refractivity contribution in [2.75, 3.05) is 0 Å². The highest BCUT2D eigenvalue weighted by molar-refractivity contribution is 6.90. The molecule has 22 heavy (non-hydrogen) atoms. The monoisotopic (exact) mass is 472 g/mol. The van der Waals surface area contributed by atoms with Gasteiger partial charge in [-0.05, 0) is 10.4 Å². The van der Waals surface area contributed by atoms with Crippen molar-refractivity contribution in [3.63, 3.8) is 0 Å². The molecule has 11 heteroatoms. The van der Waals surface area contributed by atoms with Crippen molar-refractivity contribution in [3.05, 3.63) is 40.7 Å². The zero-order valence-corrected chi connectivity index (χ0v) is 17.7. The SMILES string of the molecule is C[SiH](c1c(Cl)c(Cl)nc(Cl)c1Cl)c1c(Cl)c(Cl)nc(Cl)c1Cl. The van der Waals surface area contributed by atoms with Gasteiger partial charge in [-0.25, -0.2) is 9.97 Å². The van der Waals surface area contributed by atoms with E-state index in [1.807, 2.05) is 6.55 Å². The maximum Gasteiger partial charge on any atom is 0.149 e. The maximum absolute atomic E-state index is 6.23. The molecule has 2 aromatic heterocycles. The summed E-state index contributed by atoms with van der Waals surface area (Å²) in [7, 11) is -2.13. The molecule has 0 unspecified atom stereocenters. The van der Waals surface area contributed by atoms with E-state index in [2.05, 4.69) is 9.97 Å². The second-order valence-electron chi connectivity index (χ2n) is 4.19. The lowest BCUT2D eigenvalue weighted by atomic mass is 10.5. The fourth-order valence-electron chi connectivity index (χ4n) is 1.91. The summed E-state index contributed by atoms with van der Waals surface area (Å²) in [4.78, 5) is 7.70. The molecule has 0 aliphatic carbocycles. The van der Waals surface area contributed by atoms with Gasteiger partial charge in [-0.3, -0.25) is 0 Å². The molecule has 2 nitrogen and oxygen atoms in total. The molecule has 0 aliphatic rings. The van der Waals surface area contributed by atoms with Crippen molar-refractivity contribution >= 4 is 112 Å². The van der Waals surface area contributed by atoms with Gasteiger partial charge in [-0.2, -0.15) is 0 Å². The molecule has 118 valence electrons. The van der Waals surface area contributed by atoms with Gasteiger partial charge in [-0.1, -0.05) is 99.4 Å². The normalized spacial score (nSPS) is 11.4. The predicted molar refractivity (Wildman–Crippen MR) is 101 cm³/mol. The van der Waals surface area contributed by atoms with Crippen LogP contribution in [0.3, 0.4) is 0 Å². The summed E-state index contributed by atoms with van der Waals surface area (Å²) in [5, 5.41) is 2.09. The van der Waals surface area contributed by atoms with Crippen LogP contribution in [0.2, 0.25) is 47.2 Å². The molecule has 0 amide bonds. The third-order valence-electron chi connectivity index (χ3n) is 2.93. The first-order valence-electron chi connectivity index (χ1n) is 5.56. The Kier molecular flexibility index (Phi) is 6.43. The van der Waals surface area contributed by atoms with Crippen molar-refractivity contribution < 1.29 is 0 Å². The molecule has 0 aromatic carbocycles. The fourth-order valence-corrected chi connectivity index (χ4v) is 8.07. The Morgan fingerprint density at radius 1 is 0.545 bits per heavy atom. The topological polar surface area (TPSA) is 25.8 Å². The summed E-state index contributed by atoms with van der Waals surface area (Å²) < 4.78 is 0. The lowest BCUT2D eigenvalue weighted by Gasteiger charge is -2.19. The minimum absolute atomic E-state index is 0.0453. The molecule has 0 aliphatic heterocycles. The van der Waals surface area contributed by atoms with E-state index in [4.69, 9.17) is 92.8 Å². The third-order valence-corrected chi connectivity index (χ3v) is 9.56. The van der Waals surface area contributed by atoms with Gasteiger partial charge >= 0.3 is 0 Å². The maximum atomic E-state index is 6.23. The summed E-state index contributed by atoms with van der Waals surface area (Å²) in [6.45, 7) is 1.89. The first kappa shape index (κ1) is 19.2. The van der Waals surface area contributed by atoms with Crippen LogP contribution in [0, 0.1) is 0 Å². The van der Waals surface area contributed by atoms with Crippen molar-refractivity contribution in [2.45, 2.75) is 6.55 Å². The van der Waals surface area contributed by atoms with Crippen LogP contribution in [0.5, 0.6) is 0 Å². The summed E-state index contributed by atoms with van der Waals surface area (Å²) >= 11 is 48.8. The number of aromatic nitrogens is 2. The van der Waals surface area contributed by atoms with Crippen LogP contribution in [-0.2, 0) is 0 Å². The minimum Gasteiger partial charge on any atom is -0.221 e. The molecule has 2 heterocycles. The zero-order valence-electron chi connectivity index (χ0n) is 10.5. The van der Waals surface area contributed by atoms with Gasteiger partial charge < -0.3 is 0 Å². The molecule has 0 saturated heterocycles. The fraction of sp³-hybridized carbons (Fsp3) is 0.0909. The number of nitrogens with zero attached hydrogens (tertiary/aromatic N) is 2. The molecule has 0 bridgehead atoms. The van der Waals surface area contributed by atoms with E-state index in [0.717, 1.165) is 0 Å². The van der Waals surface area contributed by atoms with Crippen molar-refractivity contribution in [1.82, 2.24) is 9.97 Å². The summed E-state index contributed by atoms with van der Waals surface area (Å²) in [5.74, 6) is 0. The van der Waals surface area contributed by atoms with Gasteiger partial charge in [0.15, 0.2) is 0 Å². The van der Waals surface area contributed by atoms with Crippen LogP contribution in [0.1, 0.15) is 0 Å². The standard InChI is InChI=1S/C11H4Cl8N2Si/c1-22(6-2(12)8(16)20-9(17)3(6)13)7-4(14)10(18)21-11(19)5(7)15/h22H,1H3. The second-order valence-corrected chi connectivity index (χ2v) is 9.73. The summed E-state index contributed by atoms with van der Waals surface area (Å²) in [5.41, 5.74) is 0. The van der Waals surface area contributed by atoms with E-state index in [-0.39, 0.29) is 40.7 Å². The molecule has 0 N–H and O–H groups in total. The molecular formula is C11H4Cl8N2Si. The van der Waals surface area contributed by atoms with Gasteiger partial charge in [0.2, 0.25) is 0 Å². The van der Waals surface area contributed by atoms with E-state index in [9.17, 15) is 0 Å². The average Bonchev–Trinajstić information content (AvgIpc) is 2.44. The third kappa shape index (κ3) is 3.44. The van der Waals surface area contributed by atoms with Gasteiger partial charge in [0.05, 0.1) is 20.1 Å².